The van der Waals surface area contributed by atoms with Crippen LogP contribution in [0.15, 0.2) is 18.2 Å². The van der Waals surface area contributed by atoms with E-state index >= 15 is 0 Å². The van der Waals surface area contributed by atoms with Crippen LogP contribution in [-0.2, 0) is 14.3 Å². The van der Waals surface area contributed by atoms with E-state index in [-0.39, 0.29) is 17.9 Å². The first-order valence-electron chi connectivity index (χ1n) is 15.1. The van der Waals surface area contributed by atoms with Crippen LogP contribution in [0.3, 0.4) is 0 Å². The first-order chi connectivity index (χ1) is 18.4. The molecule has 2 atom stereocenters. The highest BCUT2D eigenvalue weighted by molar-refractivity contribution is 5.92. The highest BCUT2D eigenvalue weighted by Crippen LogP contribution is 2.28. The summed E-state index contributed by atoms with van der Waals surface area (Å²) in [5.41, 5.74) is 2.18. The van der Waals surface area contributed by atoms with Crippen molar-refractivity contribution in [2.24, 2.45) is 0 Å². The second-order valence-corrected chi connectivity index (χ2v) is 12.3. The molecule has 39 heavy (non-hydrogen) atoms. The smallest absolute Gasteiger partial charge is 0.408 e. The summed E-state index contributed by atoms with van der Waals surface area (Å²) in [7, 11) is 0. The molecule has 3 amide bonds. The quantitative estimate of drug-likeness (QED) is 0.265. The summed E-state index contributed by atoms with van der Waals surface area (Å²) >= 11 is 0. The van der Waals surface area contributed by atoms with Crippen molar-refractivity contribution in [2.45, 2.75) is 143 Å². The van der Waals surface area contributed by atoms with Crippen molar-refractivity contribution in [3.8, 4) is 0 Å². The van der Waals surface area contributed by atoms with Gasteiger partial charge in [0.15, 0.2) is 0 Å². The predicted molar refractivity (Wildman–Crippen MR) is 158 cm³/mol. The van der Waals surface area contributed by atoms with Gasteiger partial charge in [0, 0.05) is 12.6 Å². The Balaban J connectivity index is 2.37. The van der Waals surface area contributed by atoms with Crippen LogP contribution in [0.4, 0.5) is 4.79 Å². The van der Waals surface area contributed by atoms with Crippen LogP contribution >= 0.6 is 0 Å². The van der Waals surface area contributed by atoms with Crippen molar-refractivity contribution in [2.75, 3.05) is 6.54 Å². The number of carbonyl (C=O) groups excluding carboxylic acids is 3. The summed E-state index contributed by atoms with van der Waals surface area (Å²) in [5.74, 6) is -0.418. The van der Waals surface area contributed by atoms with Crippen molar-refractivity contribution >= 4 is 17.9 Å². The normalized spacial score (nSPS) is 15.8. The summed E-state index contributed by atoms with van der Waals surface area (Å²) < 4.78 is 5.40. The molecule has 0 aromatic heterocycles. The van der Waals surface area contributed by atoms with Crippen LogP contribution in [0, 0.1) is 13.8 Å². The summed E-state index contributed by atoms with van der Waals surface area (Å²) in [5, 5.41) is 5.99. The second-order valence-electron chi connectivity index (χ2n) is 12.3. The molecule has 2 N–H and O–H groups in total. The third kappa shape index (κ3) is 11.2. The molecule has 1 aromatic carbocycles. The first-order valence-corrected chi connectivity index (χ1v) is 15.1. The number of nitrogens with one attached hydrogen (secondary N) is 2. The minimum Gasteiger partial charge on any atom is -0.444 e. The topological polar surface area (TPSA) is 87.7 Å². The fourth-order valence-corrected chi connectivity index (χ4v) is 5.26. The van der Waals surface area contributed by atoms with E-state index in [9.17, 15) is 14.4 Å². The molecule has 0 bridgehead atoms. The zero-order valence-corrected chi connectivity index (χ0v) is 25.5. The van der Waals surface area contributed by atoms with E-state index in [1.807, 2.05) is 32.0 Å². The Labute approximate surface area is 236 Å². The lowest BCUT2D eigenvalue weighted by Gasteiger charge is -2.36. The number of carbonyl (C=O) groups is 3. The lowest BCUT2D eigenvalue weighted by Crippen LogP contribution is -2.53. The van der Waals surface area contributed by atoms with Gasteiger partial charge in [0.1, 0.15) is 17.7 Å². The Kier molecular flexibility index (Phi) is 13.3. The molecule has 1 aliphatic rings. The Morgan fingerprint density at radius 1 is 1.00 bits per heavy atom. The molecular weight excluding hydrogens is 490 g/mol. The van der Waals surface area contributed by atoms with Gasteiger partial charge in [0.2, 0.25) is 11.8 Å². The molecule has 220 valence electrons. The van der Waals surface area contributed by atoms with E-state index in [1.165, 1.54) is 25.7 Å². The minimum absolute atomic E-state index is 0.127. The molecule has 1 aromatic rings. The maximum atomic E-state index is 14.0. The Hall–Kier alpha value is -2.57. The van der Waals surface area contributed by atoms with E-state index in [4.69, 9.17) is 4.74 Å². The number of hydrogen-bond donors (Lipinski definition) is 2. The zero-order chi connectivity index (χ0) is 29.0. The second kappa shape index (κ2) is 15.9. The van der Waals surface area contributed by atoms with Crippen molar-refractivity contribution in [3.63, 3.8) is 0 Å². The summed E-state index contributed by atoms with van der Waals surface area (Å²) in [6.45, 7) is 13.7. The average Bonchev–Trinajstić information content (AvgIpc) is 2.86. The van der Waals surface area contributed by atoms with Gasteiger partial charge in [0.05, 0.1) is 0 Å². The fraction of sp³-hybridized carbons (Fsp3) is 0.719. The van der Waals surface area contributed by atoms with E-state index in [1.54, 1.807) is 32.6 Å². The van der Waals surface area contributed by atoms with Crippen molar-refractivity contribution < 1.29 is 19.1 Å². The summed E-state index contributed by atoms with van der Waals surface area (Å²) in [6.07, 6.45) is 11.1. The number of rotatable bonds is 13. The minimum atomic E-state index is -0.838. The van der Waals surface area contributed by atoms with Gasteiger partial charge in [-0.3, -0.25) is 9.59 Å². The van der Waals surface area contributed by atoms with Gasteiger partial charge < -0.3 is 20.3 Å². The molecule has 1 aliphatic carbocycles. The molecule has 2 unspecified atom stereocenters. The largest absolute Gasteiger partial charge is 0.444 e. The molecule has 0 heterocycles. The molecule has 0 saturated heterocycles. The third-order valence-electron chi connectivity index (χ3n) is 7.38. The van der Waals surface area contributed by atoms with Crippen molar-refractivity contribution in [1.29, 1.82) is 0 Å². The Morgan fingerprint density at radius 2 is 1.64 bits per heavy atom. The number of benzene rings is 1. The summed E-state index contributed by atoms with van der Waals surface area (Å²) in [6, 6.07) is 4.59. The average molecular weight is 544 g/mol. The third-order valence-corrected chi connectivity index (χ3v) is 7.38. The van der Waals surface area contributed by atoms with E-state index in [2.05, 4.69) is 17.6 Å². The van der Waals surface area contributed by atoms with E-state index < -0.39 is 23.8 Å². The van der Waals surface area contributed by atoms with Gasteiger partial charge in [-0.15, -0.1) is 0 Å². The number of alkyl carbamates (subject to hydrolysis) is 1. The van der Waals surface area contributed by atoms with Crippen LogP contribution in [-0.4, -0.2) is 47.0 Å². The molecule has 1 fully saturated rings. The number of unbranched alkanes of at least 4 members (excludes halogenated alkanes) is 5. The van der Waals surface area contributed by atoms with Gasteiger partial charge in [-0.1, -0.05) is 82.1 Å². The van der Waals surface area contributed by atoms with Crippen LogP contribution in [0.5, 0.6) is 0 Å². The van der Waals surface area contributed by atoms with Crippen molar-refractivity contribution in [1.82, 2.24) is 15.5 Å². The number of ether oxygens (including phenoxy) is 1. The summed E-state index contributed by atoms with van der Waals surface area (Å²) in [4.78, 5) is 42.2. The lowest BCUT2D eigenvalue weighted by atomic mass is 9.93. The molecule has 1 saturated carbocycles. The van der Waals surface area contributed by atoms with Crippen LogP contribution in [0.2, 0.25) is 0 Å². The Morgan fingerprint density at radius 3 is 2.28 bits per heavy atom. The number of hydrogen-bond acceptors (Lipinski definition) is 4. The highest BCUT2D eigenvalue weighted by Gasteiger charge is 2.36. The Bertz CT molecular complexity index is 934. The monoisotopic (exact) mass is 543 g/mol. The predicted octanol–water partition coefficient (Wildman–Crippen LogP) is 6.90. The van der Waals surface area contributed by atoms with Crippen LogP contribution in [0.25, 0.3) is 0 Å². The maximum Gasteiger partial charge on any atom is 0.408 e. The number of amides is 3. The van der Waals surface area contributed by atoms with Gasteiger partial charge in [-0.2, -0.15) is 0 Å². The first kappa shape index (κ1) is 32.6. The molecular formula is C32H53N3O4. The van der Waals surface area contributed by atoms with E-state index in [0.717, 1.165) is 61.6 Å². The zero-order valence-electron chi connectivity index (χ0n) is 25.5. The van der Waals surface area contributed by atoms with Gasteiger partial charge in [-0.05, 0) is 71.9 Å². The van der Waals surface area contributed by atoms with Crippen molar-refractivity contribution in [3.05, 3.63) is 34.9 Å². The highest BCUT2D eigenvalue weighted by atomic mass is 16.6. The lowest BCUT2D eigenvalue weighted by molar-refractivity contribution is -0.142. The molecule has 0 radical (unpaired) electrons. The SMILES string of the molecule is CCCCCCCCN(C(=O)C(C)NC(=O)OC(C)(C)C)C(C(=O)NC1CCCCC1)c1cc(C)ccc1C. The molecule has 2 rings (SSSR count). The maximum absolute atomic E-state index is 14.0. The van der Waals surface area contributed by atoms with Crippen LogP contribution < -0.4 is 10.6 Å². The standard InChI is InChI=1S/C32H53N3O4/c1-8-9-10-11-12-16-21-35(30(37)25(4)33-31(38)39-32(5,6)7)28(27-22-23(2)19-20-24(27)3)29(36)34-26-17-14-13-15-18-26/h19-20,22,25-26,28H,8-18,21H2,1-7H3,(H,33,38)(H,34,36). The number of nitrogens with zero attached hydrogens (tertiary/aromatic N) is 1. The number of aryl methyl sites for hydroxylation is 2. The molecule has 7 nitrogen and oxygen atoms in total. The van der Waals surface area contributed by atoms with Gasteiger partial charge in [-0.25, -0.2) is 4.79 Å². The van der Waals surface area contributed by atoms with Gasteiger partial charge in [0.25, 0.3) is 0 Å². The molecule has 0 spiro atoms. The van der Waals surface area contributed by atoms with Gasteiger partial charge >= 0.3 is 6.09 Å². The van der Waals surface area contributed by atoms with Crippen LogP contribution in [0.1, 0.15) is 128 Å². The van der Waals surface area contributed by atoms with E-state index in [0.29, 0.717) is 6.54 Å². The molecule has 0 aliphatic heterocycles. The fourth-order valence-electron chi connectivity index (χ4n) is 5.26. The molecule has 7 heteroatoms.